The van der Waals surface area contributed by atoms with E-state index in [-0.39, 0.29) is 12.4 Å². The van der Waals surface area contributed by atoms with Crippen LogP contribution in [-0.2, 0) is 16.1 Å². The van der Waals surface area contributed by atoms with Gasteiger partial charge in [0.2, 0.25) is 0 Å². The van der Waals surface area contributed by atoms with E-state index in [0.29, 0.717) is 13.2 Å². The van der Waals surface area contributed by atoms with Gasteiger partial charge in [0.15, 0.2) is 6.10 Å². The van der Waals surface area contributed by atoms with Crippen molar-refractivity contribution in [3.63, 3.8) is 0 Å². The number of carboxylic acid groups (broad SMARTS) is 1. The Morgan fingerprint density at radius 2 is 2.12 bits per heavy atom. The van der Waals surface area contributed by atoms with Crippen LogP contribution in [0.5, 0.6) is 0 Å². The van der Waals surface area contributed by atoms with E-state index in [9.17, 15) is 4.79 Å². The van der Waals surface area contributed by atoms with E-state index in [1.807, 2.05) is 30.3 Å². The number of hydrogen-bond acceptors (Lipinski definition) is 3. The Morgan fingerprint density at radius 3 is 2.76 bits per heavy atom. The van der Waals surface area contributed by atoms with Crippen molar-refractivity contribution in [2.24, 2.45) is 0 Å². The maximum absolute atomic E-state index is 10.8. The highest BCUT2D eigenvalue weighted by atomic mass is 35.5. The third-order valence-corrected chi connectivity index (χ3v) is 2.68. The summed E-state index contributed by atoms with van der Waals surface area (Å²) in [7, 11) is 0. The van der Waals surface area contributed by atoms with Gasteiger partial charge in [0.05, 0.1) is 6.61 Å². The number of halogens is 1. The molecule has 0 amide bonds. The Kier molecular flexibility index (Phi) is 5.41. The zero-order valence-corrected chi connectivity index (χ0v) is 10.2. The lowest BCUT2D eigenvalue weighted by Gasteiger charge is -2.30. The van der Waals surface area contributed by atoms with Crippen LogP contribution in [0, 0.1) is 0 Å². The van der Waals surface area contributed by atoms with Gasteiger partial charge < -0.3 is 9.84 Å². The lowest BCUT2D eigenvalue weighted by atomic mass is 10.2. The van der Waals surface area contributed by atoms with Gasteiger partial charge in [-0.05, 0) is 5.56 Å². The van der Waals surface area contributed by atoms with E-state index >= 15 is 0 Å². The van der Waals surface area contributed by atoms with Crippen LogP contribution in [0.15, 0.2) is 30.3 Å². The molecule has 1 saturated heterocycles. The second-order valence-electron chi connectivity index (χ2n) is 3.92. The highest BCUT2D eigenvalue weighted by molar-refractivity contribution is 5.85. The maximum Gasteiger partial charge on any atom is 0.334 e. The summed E-state index contributed by atoms with van der Waals surface area (Å²) in [6.45, 7) is 2.53. The summed E-state index contributed by atoms with van der Waals surface area (Å²) in [6, 6.07) is 10.0. The van der Waals surface area contributed by atoms with Crippen molar-refractivity contribution in [1.29, 1.82) is 0 Å². The van der Waals surface area contributed by atoms with Crippen molar-refractivity contribution in [3.8, 4) is 0 Å². The Hall–Kier alpha value is -1.10. The quantitative estimate of drug-likeness (QED) is 0.889. The molecule has 17 heavy (non-hydrogen) atoms. The van der Waals surface area contributed by atoms with Crippen LogP contribution < -0.4 is 0 Å². The second-order valence-corrected chi connectivity index (χ2v) is 3.92. The van der Waals surface area contributed by atoms with Gasteiger partial charge in [-0.1, -0.05) is 30.3 Å². The van der Waals surface area contributed by atoms with Crippen LogP contribution in [0.2, 0.25) is 0 Å². The summed E-state index contributed by atoms with van der Waals surface area (Å²) in [6.07, 6.45) is -0.683. The van der Waals surface area contributed by atoms with Crippen LogP contribution in [0.1, 0.15) is 5.56 Å². The van der Waals surface area contributed by atoms with Crippen molar-refractivity contribution in [1.82, 2.24) is 4.90 Å². The van der Waals surface area contributed by atoms with Gasteiger partial charge in [-0.25, -0.2) is 4.79 Å². The first kappa shape index (κ1) is 14.0. The van der Waals surface area contributed by atoms with Crippen molar-refractivity contribution in [2.75, 3.05) is 19.7 Å². The molecular formula is C12H16ClNO3. The summed E-state index contributed by atoms with van der Waals surface area (Å²) in [5, 5.41) is 8.87. The molecule has 0 aromatic heterocycles. The highest BCUT2D eigenvalue weighted by Crippen LogP contribution is 2.10. The molecule has 0 unspecified atom stereocenters. The molecule has 1 atom stereocenters. The summed E-state index contributed by atoms with van der Waals surface area (Å²) in [5.74, 6) is -0.877. The highest BCUT2D eigenvalue weighted by Gasteiger charge is 2.25. The zero-order chi connectivity index (χ0) is 11.4. The van der Waals surface area contributed by atoms with Gasteiger partial charge in [0.25, 0.3) is 0 Å². The molecule has 1 aromatic carbocycles. The first-order valence-electron chi connectivity index (χ1n) is 5.36. The summed E-state index contributed by atoms with van der Waals surface area (Å²) in [5.41, 5.74) is 1.20. The standard InChI is InChI=1S/C12H15NO3.ClH/c14-12(15)11-9-13(6-7-16-11)8-10-4-2-1-3-5-10;/h1-5,11H,6-9H2,(H,14,15);1H/t11-;/m1./s1. The van der Waals surface area contributed by atoms with E-state index in [1.165, 1.54) is 5.56 Å². The van der Waals surface area contributed by atoms with Crippen molar-refractivity contribution in [2.45, 2.75) is 12.6 Å². The largest absolute Gasteiger partial charge is 0.479 e. The van der Waals surface area contributed by atoms with Gasteiger partial charge in [0, 0.05) is 19.6 Å². The fourth-order valence-electron chi connectivity index (χ4n) is 1.84. The molecule has 0 bridgehead atoms. The van der Waals surface area contributed by atoms with Gasteiger partial charge in [-0.3, -0.25) is 4.90 Å². The van der Waals surface area contributed by atoms with Gasteiger partial charge in [-0.15, -0.1) is 12.4 Å². The molecule has 1 heterocycles. The number of hydrogen-bond donors (Lipinski definition) is 1. The first-order valence-corrected chi connectivity index (χ1v) is 5.36. The maximum atomic E-state index is 10.8. The number of carbonyl (C=O) groups is 1. The second kappa shape index (κ2) is 6.59. The molecule has 0 aliphatic carbocycles. The average Bonchev–Trinajstić information content (AvgIpc) is 2.30. The molecule has 4 nitrogen and oxygen atoms in total. The molecule has 1 aromatic rings. The third kappa shape index (κ3) is 4.00. The van der Waals surface area contributed by atoms with Crippen molar-refractivity contribution in [3.05, 3.63) is 35.9 Å². The van der Waals surface area contributed by atoms with Crippen molar-refractivity contribution >= 4 is 18.4 Å². The minimum Gasteiger partial charge on any atom is -0.479 e. The Labute approximate surface area is 107 Å². The number of benzene rings is 1. The average molecular weight is 258 g/mol. The van der Waals surface area contributed by atoms with E-state index < -0.39 is 12.1 Å². The Morgan fingerprint density at radius 1 is 1.41 bits per heavy atom. The predicted octanol–water partition coefficient (Wildman–Crippen LogP) is 1.39. The molecule has 1 aliphatic rings. The van der Waals surface area contributed by atoms with E-state index in [2.05, 4.69) is 4.90 Å². The van der Waals surface area contributed by atoms with Crippen molar-refractivity contribution < 1.29 is 14.6 Å². The molecular weight excluding hydrogens is 242 g/mol. The SMILES string of the molecule is Cl.O=C(O)[C@H]1CN(Cc2ccccc2)CCO1. The molecule has 1 N–H and O–H groups in total. The fourth-order valence-corrected chi connectivity index (χ4v) is 1.84. The van der Waals surface area contributed by atoms with Crippen LogP contribution in [0.4, 0.5) is 0 Å². The third-order valence-electron chi connectivity index (χ3n) is 2.68. The lowest BCUT2D eigenvalue weighted by Crippen LogP contribution is -2.45. The lowest BCUT2D eigenvalue weighted by molar-refractivity contribution is -0.156. The van der Waals surface area contributed by atoms with Crippen LogP contribution in [0.25, 0.3) is 0 Å². The molecule has 94 valence electrons. The summed E-state index contributed by atoms with van der Waals surface area (Å²) in [4.78, 5) is 12.9. The Balaban J connectivity index is 0.00000144. The molecule has 2 rings (SSSR count). The number of carboxylic acids is 1. The fraction of sp³-hybridized carbons (Fsp3) is 0.417. The summed E-state index contributed by atoms with van der Waals surface area (Å²) < 4.78 is 5.17. The molecule has 1 fully saturated rings. The predicted molar refractivity (Wildman–Crippen MR) is 66.3 cm³/mol. The van der Waals surface area contributed by atoms with Gasteiger partial charge in [0.1, 0.15) is 0 Å². The number of aliphatic carboxylic acids is 1. The molecule has 5 heteroatoms. The van der Waals surface area contributed by atoms with Gasteiger partial charge in [-0.2, -0.15) is 0 Å². The van der Waals surface area contributed by atoms with Crippen LogP contribution in [0.3, 0.4) is 0 Å². The van der Waals surface area contributed by atoms with E-state index in [0.717, 1.165) is 13.1 Å². The van der Waals surface area contributed by atoms with E-state index in [4.69, 9.17) is 9.84 Å². The first-order chi connectivity index (χ1) is 7.75. The molecule has 0 spiro atoms. The molecule has 0 saturated carbocycles. The molecule has 1 aliphatic heterocycles. The minimum absolute atomic E-state index is 0. The minimum atomic E-state index is -0.877. The smallest absolute Gasteiger partial charge is 0.334 e. The number of morpholine rings is 1. The summed E-state index contributed by atoms with van der Waals surface area (Å²) >= 11 is 0. The monoisotopic (exact) mass is 257 g/mol. The molecule has 0 radical (unpaired) electrons. The number of ether oxygens (including phenoxy) is 1. The normalized spacial score (nSPS) is 20.6. The topological polar surface area (TPSA) is 49.8 Å². The number of rotatable bonds is 3. The zero-order valence-electron chi connectivity index (χ0n) is 9.41. The number of nitrogens with zero attached hydrogens (tertiary/aromatic N) is 1. The van der Waals surface area contributed by atoms with Crippen LogP contribution >= 0.6 is 12.4 Å². The van der Waals surface area contributed by atoms with Crippen LogP contribution in [-0.4, -0.2) is 41.8 Å². The van der Waals surface area contributed by atoms with E-state index in [1.54, 1.807) is 0 Å². The van der Waals surface area contributed by atoms with Gasteiger partial charge >= 0.3 is 5.97 Å². The Bertz CT molecular complexity index is 358.